The van der Waals surface area contributed by atoms with Gasteiger partial charge in [-0.1, -0.05) is 110 Å². The average Bonchev–Trinajstić information content (AvgIpc) is 2.61. The van der Waals surface area contributed by atoms with E-state index in [1.165, 1.54) is 95.5 Å². The molecule has 1 N–H and O–H groups in total. The molecule has 0 aliphatic heterocycles. The maximum absolute atomic E-state index is 10.6. The number of para-hydroxylation sites is 1. The quantitative estimate of drug-likeness (QED) is 0.318. The highest BCUT2D eigenvalue weighted by Gasteiger charge is 2.32. The molecule has 0 aliphatic carbocycles. The van der Waals surface area contributed by atoms with Crippen LogP contribution in [0.3, 0.4) is 0 Å². The molecule has 0 fully saturated rings. The van der Waals surface area contributed by atoms with Gasteiger partial charge in [0.05, 0.1) is 0 Å². The Balaban J connectivity index is 2.81. The number of phenols is 1. The van der Waals surface area contributed by atoms with Gasteiger partial charge in [0.15, 0.2) is 0 Å². The molecule has 25 heavy (non-hydrogen) atoms. The molecule has 0 amide bonds. The third-order valence-electron chi connectivity index (χ3n) is 5.72. The van der Waals surface area contributed by atoms with Crippen LogP contribution in [0.25, 0.3) is 0 Å². The number of hydrogen-bond acceptors (Lipinski definition) is 1. The molecule has 1 nitrogen and oxygen atoms in total. The molecule has 0 aromatic heterocycles. The summed E-state index contributed by atoms with van der Waals surface area (Å²) in [4.78, 5) is 0. The van der Waals surface area contributed by atoms with Crippen molar-refractivity contribution in [1.29, 1.82) is 0 Å². The first-order valence-corrected chi connectivity index (χ1v) is 11.0. The lowest BCUT2D eigenvalue weighted by Crippen LogP contribution is -2.26. The van der Waals surface area contributed by atoms with Gasteiger partial charge in [-0.2, -0.15) is 0 Å². The van der Waals surface area contributed by atoms with Gasteiger partial charge in [-0.3, -0.25) is 0 Å². The Morgan fingerprint density at radius 1 is 0.640 bits per heavy atom. The SMILES string of the molecule is CCCCCCCC(CCC)(CCCCCCC)c1ccccc1O. The zero-order valence-electron chi connectivity index (χ0n) is 17.2. The smallest absolute Gasteiger partial charge is 0.119 e. The summed E-state index contributed by atoms with van der Waals surface area (Å²) in [6.45, 7) is 6.85. The van der Waals surface area contributed by atoms with Crippen LogP contribution in [0.2, 0.25) is 0 Å². The first kappa shape index (κ1) is 22.1. The third kappa shape index (κ3) is 7.84. The Kier molecular flexibility index (Phi) is 11.7. The highest BCUT2D eigenvalue weighted by Crippen LogP contribution is 2.43. The summed E-state index contributed by atoms with van der Waals surface area (Å²) < 4.78 is 0. The second-order valence-electron chi connectivity index (χ2n) is 7.88. The van der Waals surface area contributed by atoms with Gasteiger partial charge in [-0.15, -0.1) is 0 Å². The largest absolute Gasteiger partial charge is 0.508 e. The molecule has 0 bridgehead atoms. The minimum absolute atomic E-state index is 0.179. The van der Waals surface area contributed by atoms with Gasteiger partial charge in [0.1, 0.15) is 5.75 Å². The Bertz CT molecular complexity index is 423. The normalized spacial score (nSPS) is 11.8. The molecule has 0 unspecified atom stereocenters. The van der Waals surface area contributed by atoms with Crippen LogP contribution in [0.4, 0.5) is 0 Å². The molecule has 0 atom stereocenters. The second-order valence-corrected chi connectivity index (χ2v) is 7.88. The fraction of sp³-hybridized carbons (Fsp3) is 0.750. The molecule has 0 spiro atoms. The minimum atomic E-state index is 0.179. The fourth-order valence-corrected chi connectivity index (χ4v) is 4.31. The number of benzene rings is 1. The van der Waals surface area contributed by atoms with Crippen molar-refractivity contribution in [1.82, 2.24) is 0 Å². The first-order chi connectivity index (χ1) is 12.2. The van der Waals surface area contributed by atoms with E-state index in [0.717, 1.165) is 0 Å². The topological polar surface area (TPSA) is 20.2 Å². The second kappa shape index (κ2) is 13.3. The van der Waals surface area contributed by atoms with E-state index in [2.05, 4.69) is 32.9 Å². The third-order valence-corrected chi connectivity index (χ3v) is 5.72. The van der Waals surface area contributed by atoms with Gasteiger partial charge in [0.2, 0.25) is 0 Å². The van der Waals surface area contributed by atoms with E-state index in [1.807, 2.05) is 12.1 Å². The molecule has 0 saturated heterocycles. The zero-order valence-corrected chi connectivity index (χ0v) is 17.2. The van der Waals surface area contributed by atoms with E-state index >= 15 is 0 Å². The Labute approximate surface area is 157 Å². The summed E-state index contributed by atoms with van der Waals surface area (Å²) in [5.41, 5.74) is 1.39. The molecule has 1 rings (SSSR count). The highest BCUT2D eigenvalue weighted by molar-refractivity contribution is 5.38. The Morgan fingerprint density at radius 3 is 1.64 bits per heavy atom. The van der Waals surface area contributed by atoms with Crippen LogP contribution in [0.15, 0.2) is 24.3 Å². The molecule has 0 aliphatic rings. The van der Waals surface area contributed by atoms with Gasteiger partial charge in [0, 0.05) is 5.56 Å². The summed E-state index contributed by atoms with van der Waals surface area (Å²) in [6, 6.07) is 8.13. The van der Waals surface area contributed by atoms with Crippen molar-refractivity contribution in [2.24, 2.45) is 0 Å². The summed E-state index contributed by atoms with van der Waals surface area (Å²) >= 11 is 0. The van der Waals surface area contributed by atoms with Crippen LogP contribution in [-0.2, 0) is 5.41 Å². The maximum Gasteiger partial charge on any atom is 0.119 e. The summed E-state index contributed by atoms with van der Waals surface area (Å²) in [5, 5.41) is 10.6. The molecule has 1 aromatic rings. The molecule has 1 heteroatoms. The molecule has 0 heterocycles. The van der Waals surface area contributed by atoms with Crippen molar-refractivity contribution in [2.45, 2.75) is 116 Å². The van der Waals surface area contributed by atoms with E-state index in [-0.39, 0.29) is 5.41 Å². The van der Waals surface area contributed by atoms with Crippen molar-refractivity contribution < 1.29 is 5.11 Å². The highest BCUT2D eigenvalue weighted by atomic mass is 16.3. The zero-order chi connectivity index (χ0) is 18.4. The number of hydrogen-bond donors (Lipinski definition) is 1. The Hall–Kier alpha value is -0.980. The van der Waals surface area contributed by atoms with Crippen molar-refractivity contribution >= 4 is 0 Å². The van der Waals surface area contributed by atoms with Crippen molar-refractivity contribution in [2.75, 3.05) is 0 Å². The van der Waals surface area contributed by atoms with Crippen LogP contribution < -0.4 is 0 Å². The van der Waals surface area contributed by atoms with Gasteiger partial charge in [0.25, 0.3) is 0 Å². The minimum Gasteiger partial charge on any atom is -0.508 e. The number of rotatable bonds is 15. The van der Waals surface area contributed by atoms with E-state index in [0.29, 0.717) is 5.75 Å². The summed E-state index contributed by atoms with van der Waals surface area (Å²) in [6.07, 6.45) is 18.1. The van der Waals surface area contributed by atoms with E-state index < -0.39 is 0 Å². The summed E-state index contributed by atoms with van der Waals surface area (Å²) in [7, 11) is 0. The van der Waals surface area contributed by atoms with E-state index in [9.17, 15) is 5.11 Å². The molecular weight excluding hydrogens is 304 g/mol. The average molecular weight is 347 g/mol. The molecule has 144 valence electrons. The molecule has 1 aromatic carbocycles. The molecule has 0 radical (unpaired) electrons. The lowest BCUT2D eigenvalue weighted by atomic mass is 9.69. The van der Waals surface area contributed by atoms with Gasteiger partial charge >= 0.3 is 0 Å². The first-order valence-electron chi connectivity index (χ1n) is 11.0. The van der Waals surface area contributed by atoms with Gasteiger partial charge in [-0.25, -0.2) is 0 Å². The van der Waals surface area contributed by atoms with Crippen molar-refractivity contribution in [3.8, 4) is 5.75 Å². The predicted octanol–water partition coefficient (Wildman–Crippen LogP) is 8.15. The van der Waals surface area contributed by atoms with Crippen LogP contribution >= 0.6 is 0 Å². The fourth-order valence-electron chi connectivity index (χ4n) is 4.31. The van der Waals surface area contributed by atoms with E-state index in [1.54, 1.807) is 0 Å². The number of unbranched alkanes of at least 4 members (excludes halogenated alkanes) is 8. The lowest BCUT2D eigenvalue weighted by Gasteiger charge is -2.35. The molecular formula is C24H42O. The summed E-state index contributed by atoms with van der Waals surface area (Å²) in [5.74, 6) is 0.512. The molecule has 0 saturated carbocycles. The van der Waals surface area contributed by atoms with Crippen LogP contribution in [0.5, 0.6) is 5.75 Å². The predicted molar refractivity (Wildman–Crippen MR) is 111 cm³/mol. The van der Waals surface area contributed by atoms with Crippen molar-refractivity contribution in [3.63, 3.8) is 0 Å². The number of aromatic hydroxyl groups is 1. The van der Waals surface area contributed by atoms with Gasteiger partial charge < -0.3 is 5.11 Å². The van der Waals surface area contributed by atoms with Crippen LogP contribution in [-0.4, -0.2) is 5.11 Å². The van der Waals surface area contributed by atoms with E-state index in [4.69, 9.17) is 0 Å². The van der Waals surface area contributed by atoms with Gasteiger partial charge in [-0.05, 0) is 30.7 Å². The van der Waals surface area contributed by atoms with Crippen molar-refractivity contribution in [3.05, 3.63) is 29.8 Å². The lowest BCUT2D eigenvalue weighted by molar-refractivity contribution is 0.297. The monoisotopic (exact) mass is 346 g/mol. The van der Waals surface area contributed by atoms with Crippen LogP contribution in [0.1, 0.15) is 116 Å². The number of phenolic OH excluding ortho intramolecular Hbond substituents is 1. The Morgan fingerprint density at radius 2 is 1.16 bits per heavy atom. The standard InChI is InChI=1S/C24H42O/c1-4-7-9-11-15-20-24(19-6-3,21-16-12-10-8-5-2)22-17-13-14-18-23(22)25/h13-14,17-18,25H,4-12,15-16,19-21H2,1-3H3. The van der Waals surface area contributed by atoms with Crippen LogP contribution in [0, 0.1) is 0 Å². The maximum atomic E-state index is 10.6.